The highest BCUT2D eigenvalue weighted by atomic mass is 32.2. The lowest BCUT2D eigenvalue weighted by atomic mass is 10.1. The molecule has 122 valence electrons. The summed E-state index contributed by atoms with van der Waals surface area (Å²) in [5, 5.41) is 2.60. The predicted molar refractivity (Wildman–Crippen MR) is 80.0 cm³/mol. The third-order valence-corrected chi connectivity index (χ3v) is 4.12. The molecule has 0 saturated carbocycles. The van der Waals surface area contributed by atoms with Crippen LogP contribution in [0.3, 0.4) is 0 Å². The minimum atomic E-state index is -0.994. The first kappa shape index (κ1) is 17.3. The van der Waals surface area contributed by atoms with Crippen molar-refractivity contribution in [2.75, 3.05) is 5.75 Å². The van der Waals surface area contributed by atoms with Gasteiger partial charge in [-0.3, -0.25) is 4.79 Å². The second-order valence-electron chi connectivity index (χ2n) is 4.83. The van der Waals surface area contributed by atoms with E-state index in [1.807, 2.05) is 0 Å². The number of benzene rings is 2. The third kappa shape index (κ3) is 4.72. The van der Waals surface area contributed by atoms with E-state index >= 15 is 0 Å². The molecule has 0 heterocycles. The fourth-order valence-electron chi connectivity index (χ4n) is 1.88. The van der Waals surface area contributed by atoms with Crippen LogP contribution >= 0.6 is 11.8 Å². The maximum absolute atomic E-state index is 13.4. The molecule has 23 heavy (non-hydrogen) atoms. The van der Waals surface area contributed by atoms with Crippen LogP contribution in [0.4, 0.5) is 17.6 Å². The predicted octanol–water partition coefficient (Wildman–Crippen LogP) is 4.21. The summed E-state index contributed by atoms with van der Waals surface area (Å²) in [6.45, 7) is 1.62. The number of hydrogen-bond donors (Lipinski definition) is 1. The molecule has 7 heteroatoms. The summed E-state index contributed by atoms with van der Waals surface area (Å²) in [6.07, 6.45) is 0. The zero-order valence-corrected chi connectivity index (χ0v) is 12.9. The first-order valence-electron chi connectivity index (χ1n) is 6.69. The zero-order valence-electron chi connectivity index (χ0n) is 12.1. The number of amides is 1. The summed E-state index contributed by atoms with van der Waals surface area (Å²) in [4.78, 5) is 12.0. The van der Waals surface area contributed by atoms with Crippen molar-refractivity contribution in [2.24, 2.45) is 0 Å². The van der Waals surface area contributed by atoms with Crippen molar-refractivity contribution in [3.8, 4) is 0 Å². The van der Waals surface area contributed by atoms with Gasteiger partial charge in [0, 0.05) is 11.0 Å². The number of rotatable bonds is 5. The Kier molecular flexibility index (Phi) is 5.65. The van der Waals surface area contributed by atoms with Gasteiger partial charge in [-0.1, -0.05) is 6.07 Å². The summed E-state index contributed by atoms with van der Waals surface area (Å²) < 4.78 is 52.3. The molecule has 1 amide bonds. The number of carbonyl (C=O) groups is 1. The van der Waals surface area contributed by atoms with Gasteiger partial charge >= 0.3 is 0 Å². The van der Waals surface area contributed by atoms with E-state index in [9.17, 15) is 22.4 Å². The summed E-state index contributed by atoms with van der Waals surface area (Å²) in [6, 6.07) is 5.93. The summed E-state index contributed by atoms with van der Waals surface area (Å²) >= 11 is 0.919. The van der Waals surface area contributed by atoms with Gasteiger partial charge in [-0.2, -0.15) is 0 Å². The Hall–Kier alpha value is -2.02. The van der Waals surface area contributed by atoms with Gasteiger partial charge in [-0.05, 0) is 36.8 Å². The second-order valence-corrected chi connectivity index (χ2v) is 5.84. The highest BCUT2D eigenvalue weighted by Gasteiger charge is 2.13. The molecule has 0 saturated heterocycles. The molecular weight excluding hydrogens is 330 g/mol. The first-order chi connectivity index (χ1) is 10.9. The van der Waals surface area contributed by atoms with E-state index in [0.29, 0.717) is 5.56 Å². The minimum absolute atomic E-state index is 0.0867. The molecule has 0 aromatic heterocycles. The van der Waals surface area contributed by atoms with E-state index in [4.69, 9.17) is 0 Å². The van der Waals surface area contributed by atoms with Gasteiger partial charge < -0.3 is 5.32 Å². The van der Waals surface area contributed by atoms with Crippen LogP contribution < -0.4 is 5.32 Å². The van der Waals surface area contributed by atoms with Crippen molar-refractivity contribution in [2.45, 2.75) is 17.9 Å². The van der Waals surface area contributed by atoms with Crippen molar-refractivity contribution in [3.05, 3.63) is 65.2 Å². The monoisotopic (exact) mass is 343 g/mol. The van der Waals surface area contributed by atoms with Gasteiger partial charge in [-0.15, -0.1) is 11.8 Å². The maximum Gasteiger partial charge on any atom is 0.230 e. The van der Waals surface area contributed by atoms with Crippen LogP contribution in [0.15, 0.2) is 41.3 Å². The van der Waals surface area contributed by atoms with E-state index in [-0.39, 0.29) is 10.6 Å². The standard InChI is InChI=1S/C16H13F4NOS/c1-9(10-2-4-12(18)13(19)6-10)21-16(22)8-23-15-5-3-11(17)7-14(15)20/h2-7,9H,8H2,1H3,(H,21,22). The van der Waals surface area contributed by atoms with Crippen molar-refractivity contribution in [3.63, 3.8) is 0 Å². The summed E-state index contributed by atoms with van der Waals surface area (Å²) in [5.74, 6) is -3.88. The molecule has 2 nitrogen and oxygen atoms in total. The second kappa shape index (κ2) is 7.50. The Labute approximate surface area is 134 Å². The molecule has 0 aliphatic carbocycles. The lowest BCUT2D eigenvalue weighted by Crippen LogP contribution is -2.28. The van der Waals surface area contributed by atoms with Gasteiger partial charge in [0.2, 0.25) is 5.91 Å². The number of nitrogens with one attached hydrogen (secondary N) is 1. The van der Waals surface area contributed by atoms with Crippen molar-refractivity contribution in [1.29, 1.82) is 0 Å². The molecule has 1 atom stereocenters. The molecule has 0 aliphatic heterocycles. The molecule has 0 aliphatic rings. The molecule has 1 unspecified atom stereocenters. The SMILES string of the molecule is CC(NC(=O)CSc1ccc(F)cc1F)c1ccc(F)c(F)c1. The molecule has 2 aromatic rings. The van der Waals surface area contributed by atoms with Crippen LogP contribution in [0.25, 0.3) is 0 Å². The van der Waals surface area contributed by atoms with Crippen molar-refractivity contribution in [1.82, 2.24) is 5.32 Å². The number of hydrogen-bond acceptors (Lipinski definition) is 2. The van der Waals surface area contributed by atoms with Crippen molar-refractivity contribution >= 4 is 17.7 Å². The van der Waals surface area contributed by atoms with Crippen LogP contribution in [-0.2, 0) is 4.79 Å². The van der Waals surface area contributed by atoms with Gasteiger partial charge in [0.25, 0.3) is 0 Å². The van der Waals surface area contributed by atoms with Gasteiger partial charge in [0.15, 0.2) is 11.6 Å². The lowest BCUT2D eigenvalue weighted by molar-refractivity contribution is -0.119. The largest absolute Gasteiger partial charge is 0.349 e. The Morgan fingerprint density at radius 2 is 1.78 bits per heavy atom. The highest BCUT2D eigenvalue weighted by Crippen LogP contribution is 2.22. The molecular formula is C16H13F4NOS. The summed E-state index contributed by atoms with van der Waals surface area (Å²) in [5.41, 5.74) is 0.412. The Morgan fingerprint density at radius 1 is 1.04 bits per heavy atom. The van der Waals surface area contributed by atoms with E-state index < -0.39 is 35.2 Å². The van der Waals surface area contributed by atoms with Crippen LogP contribution in [0.1, 0.15) is 18.5 Å². The van der Waals surface area contributed by atoms with E-state index in [2.05, 4.69) is 5.32 Å². The maximum atomic E-state index is 13.4. The molecule has 2 aromatic carbocycles. The van der Waals surface area contributed by atoms with E-state index in [0.717, 1.165) is 36.0 Å². The van der Waals surface area contributed by atoms with Crippen LogP contribution in [0.2, 0.25) is 0 Å². The fraction of sp³-hybridized carbons (Fsp3) is 0.188. The topological polar surface area (TPSA) is 29.1 Å². The van der Waals surface area contributed by atoms with Crippen LogP contribution in [0.5, 0.6) is 0 Å². The van der Waals surface area contributed by atoms with Gasteiger partial charge in [0.05, 0.1) is 11.8 Å². The Morgan fingerprint density at radius 3 is 2.43 bits per heavy atom. The number of halogens is 4. The first-order valence-corrected chi connectivity index (χ1v) is 7.67. The lowest BCUT2D eigenvalue weighted by Gasteiger charge is -2.14. The average molecular weight is 343 g/mol. The number of thioether (sulfide) groups is 1. The highest BCUT2D eigenvalue weighted by molar-refractivity contribution is 8.00. The average Bonchev–Trinajstić information content (AvgIpc) is 2.49. The van der Waals surface area contributed by atoms with Gasteiger partial charge in [0.1, 0.15) is 11.6 Å². The normalized spacial score (nSPS) is 12.0. The minimum Gasteiger partial charge on any atom is -0.349 e. The number of carbonyl (C=O) groups excluding carboxylic acids is 1. The quantitative estimate of drug-likeness (QED) is 0.651. The molecule has 0 bridgehead atoms. The molecule has 0 radical (unpaired) electrons. The van der Waals surface area contributed by atoms with Gasteiger partial charge in [-0.25, -0.2) is 17.6 Å². The Balaban J connectivity index is 1.92. The van der Waals surface area contributed by atoms with Crippen molar-refractivity contribution < 1.29 is 22.4 Å². The molecule has 1 N–H and O–H groups in total. The zero-order chi connectivity index (χ0) is 17.0. The summed E-state index contributed by atoms with van der Waals surface area (Å²) in [7, 11) is 0. The molecule has 2 rings (SSSR count). The Bertz CT molecular complexity index is 723. The molecule has 0 fully saturated rings. The molecule has 0 spiro atoms. The van der Waals surface area contributed by atoms with Crippen LogP contribution in [0, 0.1) is 23.3 Å². The fourth-order valence-corrected chi connectivity index (χ4v) is 2.61. The van der Waals surface area contributed by atoms with E-state index in [1.165, 1.54) is 12.1 Å². The smallest absolute Gasteiger partial charge is 0.230 e. The van der Waals surface area contributed by atoms with E-state index in [1.54, 1.807) is 6.92 Å². The van der Waals surface area contributed by atoms with Crippen LogP contribution in [-0.4, -0.2) is 11.7 Å². The third-order valence-electron chi connectivity index (χ3n) is 3.07.